The van der Waals surface area contributed by atoms with Crippen LogP contribution in [0.5, 0.6) is 0 Å². The summed E-state index contributed by atoms with van der Waals surface area (Å²) in [5.74, 6) is 0. The van der Waals surface area contributed by atoms with Gasteiger partial charge in [-0.05, 0) is 22.3 Å². The highest BCUT2D eigenvalue weighted by atomic mass is 16.3. The summed E-state index contributed by atoms with van der Waals surface area (Å²) in [7, 11) is 0. The lowest BCUT2D eigenvalue weighted by molar-refractivity contribution is 0.168. The Balaban J connectivity index is 1.65. The van der Waals surface area contributed by atoms with Gasteiger partial charge in [-0.15, -0.1) is 0 Å². The van der Waals surface area contributed by atoms with Crippen molar-refractivity contribution in [3.63, 3.8) is 0 Å². The molecule has 7 N–H and O–H groups in total. The van der Waals surface area contributed by atoms with E-state index in [0.717, 1.165) is 24.2 Å². The van der Waals surface area contributed by atoms with E-state index in [0.29, 0.717) is 26.2 Å². The number of nitrogens with one attached hydrogen (secondary N) is 2. The van der Waals surface area contributed by atoms with Crippen molar-refractivity contribution in [2.75, 3.05) is 13.1 Å². The molecular formula is C19H28N4O. The molecule has 2 aromatic rings. The molecule has 0 amide bonds. The summed E-state index contributed by atoms with van der Waals surface area (Å²) in [5.41, 5.74) is 15.9. The standard InChI is InChI=1S/C19H28N4O/c20-9-15-3-1-5-17(7-15)11-22-13-19(24)14-23-12-18-6-2-4-16(8-18)10-21/h1-8,19,22-24H,9-14,20-21H2. The van der Waals surface area contributed by atoms with Crippen LogP contribution >= 0.6 is 0 Å². The van der Waals surface area contributed by atoms with Gasteiger partial charge < -0.3 is 27.2 Å². The Hall–Kier alpha value is -1.76. The van der Waals surface area contributed by atoms with Gasteiger partial charge in [0.25, 0.3) is 0 Å². The molecule has 0 heterocycles. The largest absolute Gasteiger partial charge is 0.390 e. The molecule has 0 aliphatic rings. The summed E-state index contributed by atoms with van der Waals surface area (Å²) >= 11 is 0. The number of hydrogen-bond donors (Lipinski definition) is 5. The Labute approximate surface area is 144 Å². The summed E-state index contributed by atoms with van der Waals surface area (Å²) in [6, 6.07) is 16.3. The maximum atomic E-state index is 10.0. The molecule has 0 aliphatic carbocycles. The summed E-state index contributed by atoms with van der Waals surface area (Å²) < 4.78 is 0. The van der Waals surface area contributed by atoms with Gasteiger partial charge in [-0.1, -0.05) is 48.5 Å². The molecule has 2 rings (SSSR count). The van der Waals surface area contributed by atoms with Crippen LogP contribution in [-0.4, -0.2) is 24.3 Å². The molecule has 2 aromatic carbocycles. The Morgan fingerprint density at radius 3 is 1.58 bits per heavy atom. The predicted molar refractivity (Wildman–Crippen MR) is 98.1 cm³/mol. The first-order valence-electron chi connectivity index (χ1n) is 8.36. The van der Waals surface area contributed by atoms with Crippen LogP contribution < -0.4 is 22.1 Å². The first kappa shape index (κ1) is 18.6. The van der Waals surface area contributed by atoms with E-state index < -0.39 is 6.10 Å². The molecule has 0 bridgehead atoms. The van der Waals surface area contributed by atoms with E-state index >= 15 is 0 Å². The first-order valence-corrected chi connectivity index (χ1v) is 8.36. The van der Waals surface area contributed by atoms with E-state index in [-0.39, 0.29) is 0 Å². The van der Waals surface area contributed by atoms with Crippen LogP contribution in [0.2, 0.25) is 0 Å². The Kier molecular flexibility index (Phi) is 7.88. The molecule has 0 aliphatic heterocycles. The summed E-state index contributed by atoms with van der Waals surface area (Å²) in [6.07, 6.45) is -0.430. The van der Waals surface area contributed by atoms with Gasteiger partial charge in [0.1, 0.15) is 0 Å². The van der Waals surface area contributed by atoms with Crippen molar-refractivity contribution in [2.24, 2.45) is 11.5 Å². The molecule has 0 spiro atoms. The van der Waals surface area contributed by atoms with Gasteiger partial charge in [-0.2, -0.15) is 0 Å². The van der Waals surface area contributed by atoms with Gasteiger partial charge in [-0.3, -0.25) is 0 Å². The van der Waals surface area contributed by atoms with E-state index in [1.165, 1.54) is 11.1 Å². The minimum atomic E-state index is -0.430. The lowest BCUT2D eigenvalue weighted by Gasteiger charge is -2.13. The monoisotopic (exact) mass is 328 g/mol. The number of nitrogens with two attached hydrogens (primary N) is 2. The van der Waals surface area contributed by atoms with Gasteiger partial charge in [0.05, 0.1) is 6.10 Å². The second-order valence-electron chi connectivity index (χ2n) is 5.96. The third-order valence-electron chi connectivity index (χ3n) is 3.87. The topological polar surface area (TPSA) is 96.3 Å². The molecule has 0 radical (unpaired) electrons. The lowest BCUT2D eigenvalue weighted by Crippen LogP contribution is -2.35. The van der Waals surface area contributed by atoms with E-state index in [9.17, 15) is 5.11 Å². The van der Waals surface area contributed by atoms with Crippen LogP contribution in [0.15, 0.2) is 48.5 Å². The second-order valence-corrected chi connectivity index (χ2v) is 5.96. The van der Waals surface area contributed by atoms with Gasteiger partial charge in [0.2, 0.25) is 0 Å². The van der Waals surface area contributed by atoms with Crippen LogP contribution in [-0.2, 0) is 26.2 Å². The van der Waals surface area contributed by atoms with E-state index in [1.54, 1.807) is 0 Å². The molecule has 0 saturated carbocycles. The number of benzene rings is 2. The average molecular weight is 328 g/mol. The quantitative estimate of drug-likeness (QED) is 0.445. The molecule has 0 saturated heterocycles. The molecule has 5 heteroatoms. The zero-order chi connectivity index (χ0) is 17.2. The third kappa shape index (κ3) is 6.39. The highest BCUT2D eigenvalue weighted by molar-refractivity contribution is 5.24. The summed E-state index contributed by atoms with van der Waals surface area (Å²) in [6.45, 7) is 3.63. The molecule has 0 fully saturated rings. The molecule has 130 valence electrons. The van der Waals surface area contributed by atoms with Gasteiger partial charge in [0.15, 0.2) is 0 Å². The van der Waals surface area contributed by atoms with Crippen molar-refractivity contribution in [3.8, 4) is 0 Å². The number of aliphatic hydroxyl groups is 1. The zero-order valence-electron chi connectivity index (χ0n) is 14.0. The highest BCUT2D eigenvalue weighted by Gasteiger charge is 2.04. The Morgan fingerprint density at radius 1 is 0.750 bits per heavy atom. The van der Waals surface area contributed by atoms with Crippen molar-refractivity contribution in [3.05, 3.63) is 70.8 Å². The van der Waals surface area contributed by atoms with Gasteiger partial charge in [-0.25, -0.2) is 0 Å². The second kappa shape index (κ2) is 10.2. The lowest BCUT2D eigenvalue weighted by atomic mass is 10.1. The smallest absolute Gasteiger partial charge is 0.0788 e. The zero-order valence-corrected chi connectivity index (χ0v) is 14.0. The average Bonchev–Trinajstić information content (AvgIpc) is 2.62. The minimum Gasteiger partial charge on any atom is -0.390 e. The Morgan fingerprint density at radius 2 is 1.17 bits per heavy atom. The number of rotatable bonds is 10. The first-order chi connectivity index (χ1) is 11.7. The molecule has 5 nitrogen and oxygen atoms in total. The summed E-state index contributed by atoms with van der Waals surface area (Å²) in [5, 5.41) is 16.6. The third-order valence-corrected chi connectivity index (χ3v) is 3.87. The fourth-order valence-corrected chi connectivity index (χ4v) is 2.57. The fourth-order valence-electron chi connectivity index (χ4n) is 2.57. The van der Waals surface area contributed by atoms with Crippen LogP contribution in [0.1, 0.15) is 22.3 Å². The van der Waals surface area contributed by atoms with Crippen molar-refractivity contribution in [2.45, 2.75) is 32.3 Å². The molecule has 0 unspecified atom stereocenters. The van der Waals surface area contributed by atoms with Crippen LogP contribution in [0.25, 0.3) is 0 Å². The van der Waals surface area contributed by atoms with Crippen molar-refractivity contribution in [1.29, 1.82) is 0 Å². The molecule has 0 atom stereocenters. The van der Waals surface area contributed by atoms with Crippen molar-refractivity contribution >= 4 is 0 Å². The van der Waals surface area contributed by atoms with Crippen molar-refractivity contribution in [1.82, 2.24) is 10.6 Å². The fraction of sp³-hybridized carbons (Fsp3) is 0.368. The normalized spacial score (nSPS) is 11.2. The van der Waals surface area contributed by atoms with Crippen LogP contribution in [0.4, 0.5) is 0 Å². The molecule has 0 aromatic heterocycles. The van der Waals surface area contributed by atoms with Crippen molar-refractivity contribution < 1.29 is 5.11 Å². The van der Waals surface area contributed by atoms with E-state index in [1.807, 2.05) is 24.3 Å². The van der Waals surface area contributed by atoms with Crippen LogP contribution in [0, 0.1) is 0 Å². The number of aliphatic hydroxyl groups excluding tert-OH is 1. The van der Waals surface area contributed by atoms with Gasteiger partial charge >= 0.3 is 0 Å². The van der Waals surface area contributed by atoms with Crippen LogP contribution in [0.3, 0.4) is 0 Å². The maximum absolute atomic E-state index is 10.0. The SMILES string of the molecule is NCc1cccc(CNCC(O)CNCc2cccc(CN)c2)c1. The Bertz CT molecular complexity index is 564. The number of hydrogen-bond acceptors (Lipinski definition) is 5. The van der Waals surface area contributed by atoms with Gasteiger partial charge in [0, 0.05) is 39.3 Å². The predicted octanol–water partition coefficient (Wildman–Crippen LogP) is 0.844. The minimum absolute atomic E-state index is 0.430. The highest BCUT2D eigenvalue weighted by Crippen LogP contribution is 2.05. The van der Waals surface area contributed by atoms with E-state index in [2.05, 4.69) is 34.9 Å². The summed E-state index contributed by atoms with van der Waals surface area (Å²) in [4.78, 5) is 0. The maximum Gasteiger partial charge on any atom is 0.0788 e. The van der Waals surface area contributed by atoms with E-state index in [4.69, 9.17) is 11.5 Å². The molecule has 24 heavy (non-hydrogen) atoms. The molecular weight excluding hydrogens is 300 g/mol.